The van der Waals surface area contributed by atoms with Crippen LogP contribution in [0.3, 0.4) is 0 Å². The van der Waals surface area contributed by atoms with E-state index in [-0.39, 0.29) is 22.1 Å². The number of methoxy groups -OCH3 is 2. The van der Waals surface area contributed by atoms with Crippen LogP contribution >= 0.6 is 0 Å². The van der Waals surface area contributed by atoms with E-state index in [1.807, 2.05) is 0 Å². The van der Waals surface area contributed by atoms with Crippen molar-refractivity contribution in [2.45, 2.75) is 11.3 Å². The Labute approximate surface area is 118 Å². The number of carbonyl (C=O) groups excluding carboxylic acids is 1. The molecule has 3 N–H and O–H groups in total. The number of nitrogens with one attached hydrogen (secondary N) is 1. The van der Waals surface area contributed by atoms with Crippen molar-refractivity contribution in [3.8, 4) is 5.75 Å². The Morgan fingerprint density at radius 2 is 2.05 bits per heavy atom. The van der Waals surface area contributed by atoms with Crippen LogP contribution in [0.2, 0.25) is 0 Å². The summed E-state index contributed by atoms with van der Waals surface area (Å²) in [6, 6.07) is 4.06. The number of primary sulfonamides is 1. The highest BCUT2D eigenvalue weighted by Gasteiger charge is 2.17. The number of hydrogen-bond acceptors (Lipinski definition) is 5. The lowest BCUT2D eigenvalue weighted by atomic mass is 10.2. The zero-order valence-electron chi connectivity index (χ0n) is 11.4. The number of benzene rings is 1. The van der Waals surface area contributed by atoms with Crippen LogP contribution in [-0.2, 0) is 14.8 Å². The van der Waals surface area contributed by atoms with E-state index in [1.165, 1.54) is 25.3 Å². The summed E-state index contributed by atoms with van der Waals surface area (Å²) in [4.78, 5) is 11.6. The van der Waals surface area contributed by atoms with Crippen LogP contribution in [0.4, 0.5) is 0 Å². The first-order valence-corrected chi connectivity index (χ1v) is 7.42. The molecule has 0 saturated heterocycles. The van der Waals surface area contributed by atoms with E-state index in [0.717, 1.165) is 0 Å². The molecule has 0 unspecified atom stereocenters. The van der Waals surface area contributed by atoms with Gasteiger partial charge in [0.05, 0.1) is 7.11 Å². The quantitative estimate of drug-likeness (QED) is 0.695. The molecule has 0 fully saturated rings. The van der Waals surface area contributed by atoms with E-state index in [4.69, 9.17) is 14.6 Å². The predicted molar refractivity (Wildman–Crippen MR) is 73.2 cm³/mol. The number of rotatable bonds is 7. The molecule has 0 saturated carbocycles. The predicted octanol–water partition coefficient (Wildman–Crippen LogP) is 0.109. The van der Waals surface area contributed by atoms with Gasteiger partial charge in [-0.1, -0.05) is 0 Å². The molecule has 0 heterocycles. The fourth-order valence-electron chi connectivity index (χ4n) is 1.56. The Morgan fingerprint density at radius 1 is 1.35 bits per heavy atom. The Balaban J connectivity index is 2.89. The van der Waals surface area contributed by atoms with E-state index in [1.54, 1.807) is 7.11 Å². The monoisotopic (exact) mass is 302 g/mol. The van der Waals surface area contributed by atoms with Crippen molar-refractivity contribution in [2.24, 2.45) is 5.14 Å². The molecule has 1 aromatic carbocycles. The first kappa shape index (κ1) is 16.4. The van der Waals surface area contributed by atoms with Gasteiger partial charge in [-0.15, -0.1) is 0 Å². The molecule has 112 valence electrons. The summed E-state index contributed by atoms with van der Waals surface area (Å²) < 4.78 is 32.6. The number of ether oxygens (including phenoxy) is 2. The third-order valence-electron chi connectivity index (χ3n) is 2.54. The van der Waals surface area contributed by atoms with Crippen LogP contribution < -0.4 is 15.2 Å². The van der Waals surface area contributed by atoms with Crippen LogP contribution in [0.5, 0.6) is 5.75 Å². The third-order valence-corrected chi connectivity index (χ3v) is 3.48. The minimum absolute atomic E-state index is 0.100. The van der Waals surface area contributed by atoms with Gasteiger partial charge in [0.15, 0.2) is 0 Å². The van der Waals surface area contributed by atoms with Crippen molar-refractivity contribution < 1.29 is 22.7 Å². The summed E-state index contributed by atoms with van der Waals surface area (Å²) in [7, 11) is -1.05. The average Bonchev–Trinajstić information content (AvgIpc) is 2.41. The molecular formula is C12H18N2O5S. The fraction of sp³-hybridized carbons (Fsp3) is 0.417. The topological polar surface area (TPSA) is 108 Å². The van der Waals surface area contributed by atoms with Gasteiger partial charge in [-0.05, 0) is 24.6 Å². The van der Waals surface area contributed by atoms with Gasteiger partial charge < -0.3 is 14.8 Å². The summed E-state index contributed by atoms with van der Waals surface area (Å²) in [5.74, 6) is -0.280. The van der Waals surface area contributed by atoms with Gasteiger partial charge in [0.2, 0.25) is 10.0 Å². The third kappa shape index (κ3) is 4.48. The molecule has 0 aliphatic carbocycles. The summed E-state index contributed by atoms with van der Waals surface area (Å²) in [6.07, 6.45) is 0.667. The standard InChI is InChI=1S/C12H18N2O5S/c1-18-7-3-6-14-12(15)9-4-5-10(19-2)11(8-9)20(13,16)17/h4-5,8H,3,6-7H2,1-2H3,(H,14,15)(H2,13,16,17). The molecule has 20 heavy (non-hydrogen) atoms. The maximum atomic E-state index is 11.9. The zero-order valence-corrected chi connectivity index (χ0v) is 12.2. The lowest BCUT2D eigenvalue weighted by molar-refractivity contribution is 0.0948. The molecule has 0 radical (unpaired) electrons. The second kappa shape index (κ2) is 7.22. The van der Waals surface area contributed by atoms with E-state index < -0.39 is 10.0 Å². The molecule has 7 nitrogen and oxygen atoms in total. The maximum absolute atomic E-state index is 11.9. The van der Waals surface area contributed by atoms with Gasteiger partial charge in [-0.25, -0.2) is 13.6 Å². The van der Waals surface area contributed by atoms with E-state index in [9.17, 15) is 13.2 Å². The Morgan fingerprint density at radius 3 is 2.60 bits per heavy atom. The molecule has 1 rings (SSSR count). The molecular weight excluding hydrogens is 284 g/mol. The van der Waals surface area contributed by atoms with Gasteiger partial charge in [0, 0.05) is 25.8 Å². The highest BCUT2D eigenvalue weighted by Crippen LogP contribution is 2.23. The first-order valence-electron chi connectivity index (χ1n) is 5.88. The van der Waals surface area contributed by atoms with Crippen LogP contribution in [0, 0.1) is 0 Å². The van der Waals surface area contributed by atoms with Gasteiger partial charge in [0.25, 0.3) is 5.91 Å². The Kier molecular flexibility index (Phi) is 5.93. The molecule has 1 amide bonds. The summed E-state index contributed by atoms with van der Waals surface area (Å²) in [5, 5.41) is 7.74. The number of amides is 1. The molecule has 1 aromatic rings. The van der Waals surface area contributed by atoms with Crippen molar-refractivity contribution >= 4 is 15.9 Å². The van der Waals surface area contributed by atoms with E-state index >= 15 is 0 Å². The van der Waals surface area contributed by atoms with Crippen molar-refractivity contribution in [3.63, 3.8) is 0 Å². The summed E-state index contributed by atoms with van der Waals surface area (Å²) in [6.45, 7) is 0.967. The normalized spacial score (nSPS) is 11.2. The largest absolute Gasteiger partial charge is 0.495 e. The van der Waals surface area contributed by atoms with Crippen molar-refractivity contribution in [1.29, 1.82) is 0 Å². The Hall–Kier alpha value is -1.64. The highest BCUT2D eigenvalue weighted by atomic mass is 32.2. The smallest absolute Gasteiger partial charge is 0.251 e. The van der Waals surface area contributed by atoms with Crippen molar-refractivity contribution in [3.05, 3.63) is 23.8 Å². The minimum atomic E-state index is -3.96. The van der Waals surface area contributed by atoms with E-state index in [2.05, 4.69) is 5.32 Å². The molecule has 0 bridgehead atoms. The minimum Gasteiger partial charge on any atom is -0.495 e. The van der Waals surface area contributed by atoms with Crippen LogP contribution in [0.1, 0.15) is 16.8 Å². The van der Waals surface area contributed by atoms with Crippen molar-refractivity contribution in [2.75, 3.05) is 27.4 Å². The second-order valence-electron chi connectivity index (χ2n) is 4.01. The highest BCUT2D eigenvalue weighted by molar-refractivity contribution is 7.89. The average molecular weight is 302 g/mol. The molecule has 0 atom stereocenters. The van der Waals surface area contributed by atoms with Crippen LogP contribution in [0.15, 0.2) is 23.1 Å². The number of sulfonamides is 1. The lowest BCUT2D eigenvalue weighted by Gasteiger charge is -2.09. The molecule has 0 aliphatic rings. The molecule has 0 aliphatic heterocycles. The second-order valence-corrected chi connectivity index (χ2v) is 5.54. The van der Waals surface area contributed by atoms with Crippen LogP contribution in [-0.4, -0.2) is 41.7 Å². The lowest BCUT2D eigenvalue weighted by Crippen LogP contribution is -2.25. The van der Waals surface area contributed by atoms with E-state index in [0.29, 0.717) is 19.6 Å². The SMILES string of the molecule is COCCCNC(=O)c1ccc(OC)c(S(N)(=O)=O)c1. The number of nitrogens with two attached hydrogens (primary N) is 1. The van der Waals surface area contributed by atoms with Gasteiger partial charge in [0.1, 0.15) is 10.6 Å². The first-order chi connectivity index (χ1) is 9.40. The van der Waals surface area contributed by atoms with Gasteiger partial charge >= 0.3 is 0 Å². The number of carbonyl (C=O) groups is 1. The summed E-state index contributed by atoms with van der Waals surface area (Å²) in [5.41, 5.74) is 0.201. The van der Waals surface area contributed by atoms with Crippen LogP contribution in [0.25, 0.3) is 0 Å². The molecule has 0 spiro atoms. The Bertz CT molecular complexity index is 571. The fourth-order valence-corrected chi connectivity index (χ4v) is 2.28. The molecule has 0 aromatic heterocycles. The summed E-state index contributed by atoms with van der Waals surface area (Å²) >= 11 is 0. The zero-order chi connectivity index (χ0) is 15.2. The van der Waals surface area contributed by atoms with Crippen molar-refractivity contribution in [1.82, 2.24) is 5.32 Å². The van der Waals surface area contributed by atoms with Gasteiger partial charge in [-0.3, -0.25) is 4.79 Å². The van der Waals surface area contributed by atoms with Gasteiger partial charge in [-0.2, -0.15) is 0 Å². The number of hydrogen-bond donors (Lipinski definition) is 2. The maximum Gasteiger partial charge on any atom is 0.251 e. The molecule has 8 heteroatoms.